The monoisotopic (exact) mass is 340 g/mol. The number of hydrogen-bond donors (Lipinski definition) is 1. The molecule has 126 valence electrons. The summed E-state index contributed by atoms with van der Waals surface area (Å²) in [4.78, 5) is 4.35. The topological polar surface area (TPSA) is 95.7 Å². The van der Waals surface area contributed by atoms with Crippen molar-refractivity contribution < 1.29 is 4.74 Å². The Morgan fingerprint density at radius 2 is 1.62 bits per heavy atom. The molecule has 0 radical (unpaired) electrons. The highest BCUT2D eigenvalue weighted by atomic mass is 16.5. The van der Waals surface area contributed by atoms with Gasteiger partial charge in [0.1, 0.15) is 23.2 Å². The largest absolute Gasteiger partial charge is 0.494 e. The number of nitrogens with two attached hydrogens (primary N) is 1. The van der Waals surface area contributed by atoms with Crippen LogP contribution >= 0.6 is 0 Å². The van der Waals surface area contributed by atoms with Crippen molar-refractivity contribution in [2.75, 3.05) is 12.3 Å². The zero-order valence-electron chi connectivity index (χ0n) is 14.2. The first-order valence-electron chi connectivity index (χ1n) is 8.10. The molecule has 0 fully saturated rings. The maximum absolute atomic E-state index is 9.50. The molecule has 2 N–H and O–H groups in total. The van der Waals surface area contributed by atoms with E-state index in [2.05, 4.69) is 17.1 Å². The molecular weight excluding hydrogens is 324 g/mol. The molecule has 26 heavy (non-hydrogen) atoms. The predicted octanol–water partition coefficient (Wildman–Crippen LogP) is 4.14. The summed E-state index contributed by atoms with van der Waals surface area (Å²) in [5, 5.41) is 18.4. The number of nitrogen functional groups attached to an aromatic ring is 1. The van der Waals surface area contributed by atoms with Crippen LogP contribution in [0.2, 0.25) is 0 Å². The fourth-order valence-corrected chi connectivity index (χ4v) is 2.67. The summed E-state index contributed by atoms with van der Waals surface area (Å²) in [7, 11) is 0. The molecule has 1 aromatic heterocycles. The van der Waals surface area contributed by atoms with E-state index < -0.39 is 0 Å². The van der Waals surface area contributed by atoms with Gasteiger partial charge in [-0.2, -0.15) is 10.5 Å². The van der Waals surface area contributed by atoms with Gasteiger partial charge in [0.05, 0.1) is 23.9 Å². The van der Waals surface area contributed by atoms with E-state index in [4.69, 9.17) is 15.7 Å². The molecule has 5 heteroatoms. The van der Waals surface area contributed by atoms with Crippen molar-refractivity contribution in [3.8, 4) is 40.3 Å². The van der Waals surface area contributed by atoms with E-state index in [9.17, 15) is 5.26 Å². The first-order chi connectivity index (χ1) is 12.7. The highest BCUT2D eigenvalue weighted by Gasteiger charge is 2.13. The lowest BCUT2D eigenvalue weighted by Gasteiger charge is -2.11. The van der Waals surface area contributed by atoms with Gasteiger partial charge in [0, 0.05) is 11.1 Å². The van der Waals surface area contributed by atoms with Crippen LogP contribution in [0.1, 0.15) is 18.1 Å². The number of ether oxygens (including phenoxy) is 1. The summed E-state index contributed by atoms with van der Waals surface area (Å²) in [5.41, 5.74) is 9.98. The number of rotatable bonds is 4. The number of aromatic nitrogens is 1. The van der Waals surface area contributed by atoms with Gasteiger partial charge in [0.25, 0.3) is 0 Å². The predicted molar refractivity (Wildman–Crippen MR) is 100 cm³/mol. The van der Waals surface area contributed by atoms with Crippen LogP contribution in [0.25, 0.3) is 22.4 Å². The van der Waals surface area contributed by atoms with Gasteiger partial charge >= 0.3 is 0 Å². The van der Waals surface area contributed by atoms with E-state index >= 15 is 0 Å². The van der Waals surface area contributed by atoms with E-state index in [1.807, 2.05) is 49.4 Å². The highest BCUT2D eigenvalue weighted by molar-refractivity contribution is 5.80. The Kier molecular flexibility index (Phi) is 4.83. The molecule has 3 aromatic rings. The maximum atomic E-state index is 9.50. The Labute approximate surface area is 151 Å². The van der Waals surface area contributed by atoms with Gasteiger partial charge in [-0.05, 0) is 42.8 Å². The van der Waals surface area contributed by atoms with Crippen LogP contribution in [-0.4, -0.2) is 11.6 Å². The molecule has 0 aliphatic heterocycles. The first kappa shape index (κ1) is 17.0. The molecule has 2 aromatic carbocycles. The molecule has 0 saturated carbocycles. The van der Waals surface area contributed by atoms with Crippen LogP contribution < -0.4 is 10.5 Å². The molecule has 3 rings (SSSR count). The van der Waals surface area contributed by atoms with Crippen molar-refractivity contribution in [1.82, 2.24) is 4.98 Å². The number of anilines is 1. The third-order valence-corrected chi connectivity index (χ3v) is 3.95. The maximum Gasteiger partial charge on any atom is 0.142 e. The molecule has 0 aliphatic carbocycles. The lowest BCUT2D eigenvalue weighted by atomic mass is 9.98. The molecule has 5 nitrogen and oxygen atoms in total. The third-order valence-electron chi connectivity index (χ3n) is 3.95. The molecule has 0 atom stereocenters. The molecule has 1 heterocycles. The van der Waals surface area contributed by atoms with Crippen LogP contribution in [0.4, 0.5) is 5.82 Å². The molecular formula is C21H16N4O. The summed E-state index contributed by atoms with van der Waals surface area (Å²) >= 11 is 0. The average molecular weight is 340 g/mol. The summed E-state index contributed by atoms with van der Waals surface area (Å²) in [6, 6.07) is 20.6. The minimum absolute atomic E-state index is 0.179. The second kappa shape index (κ2) is 7.38. The second-order valence-electron chi connectivity index (χ2n) is 5.57. The van der Waals surface area contributed by atoms with Crippen LogP contribution in [0.15, 0.2) is 54.6 Å². The van der Waals surface area contributed by atoms with Crippen LogP contribution in [0, 0.1) is 22.7 Å². The fraction of sp³-hybridized carbons (Fsp3) is 0.0952. The lowest BCUT2D eigenvalue weighted by Crippen LogP contribution is -2.00. The molecule has 0 bridgehead atoms. The molecule has 0 spiro atoms. The van der Waals surface area contributed by atoms with Crippen LogP contribution in [-0.2, 0) is 0 Å². The first-order valence-corrected chi connectivity index (χ1v) is 8.10. The Balaban J connectivity index is 2.10. The average Bonchev–Trinajstić information content (AvgIpc) is 2.68. The summed E-state index contributed by atoms with van der Waals surface area (Å²) in [5.74, 6) is 0.947. The van der Waals surface area contributed by atoms with E-state index in [0.29, 0.717) is 29.0 Å². The Hall–Kier alpha value is -3.83. The van der Waals surface area contributed by atoms with Gasteiger partial charge in [0.15, 0.2) is 0 Å². The van der Waals surface area contributed by atoms with Gasteiger partial charge in [0.2, 0.25) is 0 Å². The number of hydrogen-bond acceptors (Lipinski definition) is 5. The Bertz CT molecular complexity index is 1010. The van der Waals surface area contributed by atoms with Crippen molar-refractivity contribution in [2.24, 2.45) is 0 Å². The van der Waals surface area contributed by atoms with Crippen molar-refractivity contribution in [3.63, 3.8) is 0 Å². The number of nitriles is 2. The van der Waals surface area contributed by atoms with Crippen molar-refractivity contribution in [1.29, 1.82) is 10.5 Å². The van der Waals surface area contributed by atoms with Crippen molar-refractivity contribution in [2.45, 2.75) is 6.92 Å². The van der Waals surface area contributed by atoms with Crippen LogP contribution in [0.3, 0.4) is 0 Å². The molecule has 0 saturated heterocycles. The quantitative estimate of drug-likeness (QED) is 0.770. The summed E-state index contributed by atoms with van der Waals surface area (Å²) in [6.07, 6.45) is 0. The highest BCUT2D eigenvalue weighted by Crippen LogP contribution is 2.32. The summed E-state index contributed by atoms with van der Waals surface area (Å²) in [6.45, 7) is 2.52. The van der Waals surface area contributed by atoms with Gasteiger partial charge in [-0.15, -0.1) is 0 Å². The minimum atomic E-state index is 0.179. The van der Waals surface area contributed by atoms with E-state index in [-0.39, 0.29) is 5.82 Å². The lowest BCUT2D eigenvalue weighted by molar-refractivity contribution is 0.340. The second-order valence-corrected chi connectivity index (χ2v) is 5.57. The van der Waals surface area contributed by atoms with Gasteiger partial charge in [-0.1, -0.05) is 24.3 Å². The smallest absolute Gasteiger partial charge is 0.142 e. The Morgan fingerprint density at radius 3 is 2.19 bits per heavy atom. The molecule has 0 unspecified atom stereocenters. The van der Waals surface area contributed by atoms with Gasteiger partial charge in [-0.25, -0.2) is 4.98 Å². The van der Waals surface area contributed by atoms with Gasteiger partial charge in [-0.3, -0.25) is 0 Å². The third kappa shape index (κ3) is 3.33. The normalized spacial score (nSPS) is 9.96. The Morgan fingerprint density at radius 1 is 0.962 bits per heavy atom. The van der Waals surface area contributed by atoms with E-state index in [0.717, 1.165) is 16.9 Å². The number of nitrogens with zero attached hydrogens (tertiary/aromatic N) is 3. The van der Waals surface area contributed by atoms with E-state index in [1.165, 1.54) is 0 Å². The number of benzene rings is 2. The fourth-order valence-electron chi connectivity index (χ4n) is 2.67. The summed E-state index contributed by atoms with van der Waals surface area (Å²) < 4.78 is 5.46. The van der Waals surface area contributed by atoms with Crippen molar-refractivity contribution in [3.05, 3.63) is 65.7 Å². The molecule has 0 aliphatic rings. The van der Waals surface area contributed by atoms with Crippen molar-refractivity contribution >= 4 is 5.82 Å². The SMILES string of the molecule is CCOc1ccc(-c2cc(-c3ccc(C#N)cc3)nc(N)c2C#N)cc1. The minimum Gasteiger partial charge on any atom is -0.494 e. The standard InChI is InChI=1S/C21H16N4O/c1-2-26-17-9-7-15(8-10-17)18-11-20(25-21(24)19(18)13-23)16-5-3-14(12-22)4-6-16/h3-11H,2H2,1H3,(H2,24,25). The van der Waals surface area contributed by atoms with E-state index in [1.54, 1.807) is 12.1 Å². The zero-order valence-corrected chi connectivity index (χ0v) is 14.2. The molecule has 0 amide bonds. The number of pyridine rings is 1. The zero-order chi connectivity index (χ0) is 18.5. The van der Waals surface area contributed by atoms with Gasteiger partial charge < -0.3 is 10.5 Å². The van der Waals surface area contributed by atoms with Crippen LogP contribution in [0.5, 0.6) is 5.75 Å².